The summed E-state index contributed by atoms with van der Waals surface area (Å²) in [5.74, 6) is 1.75. The van der Waals surface area contributed by atoms with E-state index in [9.17, 15) is 10.1 Å². The van der Waals surface area contributed by atoms with Crippen molar-refractivity contribution in [1.82, 2.24) is 0 Å². The lowest BCUT2D eigenvalue weighted by Crippen LogP contribution is -2.14. The van der Waals surface area contributed by atoms with Gasteiger partial charge in [0, 0.05) is 5.57 Å². The summed E-state index contributed by atoms with van der Waals surface area (Å²) in [5.41, 5.74) is 2.27. The minimum Gasteiger partial charge on any atom is -0.493 e. The van der Waals surface area contributed by atoms with Crippen LogP contribution in [0.5, 0.6) is 23.0 Å². The monoisotopic (exact) mass is 467 g/mol. The number of carbonyl (C=O) groups excluding carboxylic acids is 1. The third kappa shape index (κ3) is 7.57. The number of esters is 1. The minimum absolute atomic E-state index is 0.150. The fourth-order valence-corrected chi connectivity index (χ4v) is 2.87. The Labute approximate surface area is 199 Å². The van der Waals surface area contributed by atoms with Gasteiger partial charge in [-0.05, 0) is 54.5 Å². The van der Waals surface area contributed by atoms with Crippen molar-refractivity contribution in [3.8, 4) is 29.1 Å². The molecule has 0 N–H and O–H groups in total. The summed E-state index contributed by atoms with van der Waals surface area (Å²) >= 11 is 0. The van der Waals surface area contributed by atoms with E-state index in [0.29, 0.717) is 46.3 Å². The van der Waals surface area contributed by atoms with Crippen LogP contribution in [0.2, 0.25) is 0 Å². The molecule has 8 nitrogen and oxygen atoms in total. The van der Waals surface area contributed by atoms with Crippen LogP contribution in [0.1, 0.15) is 18.1 Å². The first-order chi connectivity index (χ1) is 16.4. The fourth-order valence-electron chi connectivity index (χ4n) is 2.87. The van der Waals surface area contributed by atoms with Gasteiger partial charge in [-0.3, -0.25) is 0 Å². The molecule has 34 heavy (non-hydrogen) atoms. The largest absolute Gasteiger partial charge is 0.493 e. The van der Waals surface area contributed by atoms with Gasteiger partial charge >= 0.3 is 5.97 Å². The molecule has 0 spiro atoms. The molecule has 180 valence electrons. The van der Waals surface area contributed by atoms with E-state index in [1.54, 1.807) is 64.7 Å². The van der Waals surface area contributed by atoms with Crippen LogP contribution in [-0.2, 0) is 14.3 Å². The normalized spacial score (nSPS) is 10.7. The van der Waals surface area contributed by atoms with E-state index in [-0.39, 0.29) is 19.8 Å². The average molecular weight is 468 g/mol. The molecule has 0 fully saturated rings. The van der Waals surface area contributed by atoms with E-state index in [1.807, 2.05) is 6.07 Å². The molecule has 0 saturated heterocycles. The maximum atomic E-state index is 11.3. The maximum Gasteiger partial charge on any atom is 0.333 e. The lowest BCUT2D eigenvalue weighted by Gasteiger charge is -2.12. The molecule has 0 radical (unpaired) electrons. The Balaban J connectivity index is 2.00. The zero-order chi connectivity index (χ0) is 24.9. The van der Waals surface area contributed by atoms with Crippen LogP contribution in [0.25, 0.3) is 11.6 Å². The lowest BCUT2D eigenvalue weighted by atomic mass is 10.0. The summed E-state index contributed by atoms with van der Waals surface area (Å²) < 4.78 is 32.1. The first kappa shape index (κ1) is 26.3. The molecule has 0 aliphatic rings. The third-order valence-electron chi connectivity index (χ3n) is 4.61. The molecular weight excluding hydrogens is 438 g/mol. The molecule has 0 saturated carbocycles. The van der Waals surface area contributed by atoms with Gasteiger partial charge in [0.1, 0.15) is 13.2 Å². The topological polar surface area (TPSA) is 96.2 Å². The van der Waals surface area contributed by atoms with Crippen molar-refractivity contribution in [2.75, 3.05) is 47.8 Å². The van der Waals surface area contributed by atoms with E-state index >= 15 is 0 Å². The van der Waals surface area contributed by atoms with Crippen LogP contribution in [0.4, 0.5) is 0 Å². The van der Waals surface area contributed by atoms with Crippen LogP contribution < -0.4 is 18.9 Å². The highest BCUT2D eigenvalue weighted by atomic mass is 16.6. The molecule has 0 aromatic heterocycles. The van der Waals surface area contributed by atoms with Crippen molar-refractivity contribution < 1.29 is 33.2 Å². The zero-order valence-electron chi connectivity index (χ0n) is 19.9. The van der Waals surface area contributed by atoms with Gasteiger partial charge in [-0.25, -0.2) is 4.79 Å². The van der Waals surface area contributed by atoms with Crippen molar-refractivity contribution >= 4 is 17.6 Å². The third-order valence-corrected chi connectivity index (χ3v) is 4.61. The number of methoxy groups -OCH3 is 3. The summed E-state index contributed by atoms with van der Waals surface area (Å²) in [4.78, 5) is 11.3. The number of allylic oxidation sites excluding steroid dienone is 1. The molecule has 0 unspecified atom stereocenters. The van der Waals surface area contributed by atoms with Crippen molar-refractivity contribution in [2.45, 2.75) is 6.92 Å². The first-order valence-corrected chi connectivity index (χ1v) is 10.5. The van der Waals surface area contributed by atoms with Gasteiger partial charge in [0.05, 0.1) is 46.2 Å². The Morgan fingerprint density at radius 2 is 1.56 bits per heavy atom. The quantitative estimate of drug-likeness (QED) is 0.142. The maximum absolute atomic E-state index is 11.3. The Morgan fingerprint density at radius 1 is 0.912 bits per heavy atom. The summed E-state index contributed by atoms with van der Waals surface area (Å²) in [7, 11) is 4.65. The number of benzene rings is 2. The number of ether oxygens (including phenoxy) is 6. The highest BCUT2D eigenvalue weighted by Crippen LogP contribution is 2.32. The smallest absolute Gasteiger partial charge is 0.333 e. The molecule has 0 bridgehead atoms. The Kier molecular flexibility index (Phi) is 10.5. The number of nitriles is 1. The van der Waals surface area contributed by atoms with Crippen molar-refractivity contribution in [3.63, 3.8) is 0 Å². The molecule has 2 aromatic rings. The van der Waals surface area contributed by atoms with Gasteiger partial charge in [-0.15, -0.1) is 0 Å². The molecule has 0 aliphatic heterocycles. The standard InChI is InChI=1S/C26H29NO7/c1-18(2)26(28)34-13-11-32-10-12-33-23-8-6-19(15-24(23)30-4)14-21(17-27)20-7-9-22(29-3)25(16-20)31-5/h6-9,14-16H,1,10-13H2,2-5H3. The fraction of sp³-hybridized carbons (Fsp3) is 0.308. The second-order valence-corrected chi connectivity index (χ2v) is 7.03. The number of nitrogens with zero attached hydrogens (tertiary/aromatic N) is 1. The summed E-state index contributed by atoms with van der Waals surface area (Å²) in [6.07, 6.45) is 1.75. The molecule has 0 heterocycles. The number of hydrogen-bond acceptors (Lipinski definition) is 8. The highest BCUT2D eigenvalue weighted by molar-refractivity contribution is 5.90. The molecule has 0 amide bonds. The van der Waals surface area contributed by atoms with Crippen LogP contribution in [0.15, 0.2) is 48.6 Å². The Hall–Kier alpha value is -3.96. The molecule has 8 heteroatoms. The molecule has 2 rings (SSSR count). The van der Waals surface area contributed by atoms with E-state index in [2.05, 4.69) is 12.6 Å². The zero-order valence-corrected chi connectivity index (χ0v) is 19.9. The number of hydrogen-bond donors (Lipinski definition) is 0. The van der Waals surface area contributed by atoms with Gasteiger partial charge in [0.2, 0.25) is 0 Å². The van der Waals surface area contributed by atoms with Crippen molar-refractivity contribution in [2.24, 2.45) is 0 Å². The highest BCUT2D eigenvalue weighted by Gasteiger charge is 2.10. The van der Waals surface area contributed by atoms with Crippen LogP contribution >= 0.6 is 0 Å². The van der Waals surface area contributed by atoms with E-state index < -0.39 is 5.97 Å². The van der Waals surface area contributed by atoms with Gasteiger partial charge < -0.3 is 28.4 Å². The van der Waals surface area contributed by atoms with Crippen LogP contribution in [-0.4, -0.2) is 53.7 Å². The predicted molar refractivity (Wildman–Crippen MR) is 128 cm³/mol. The van der Waals surface area contributed by atoms with Crippen LogP contribution in [0, 0.1) is 11.3 Å². The van der Waals surface area contributed by atoms with Gasteiger partial charge in [0.25, 0.3) is 0 Å². The second-order valence-electron chi connectivity index (χ2n) is 7.03. The lowest BCUT2D eigenvalue weighted by molar-refractivity contribution is -0.140. The Morgan fingerprint density at radius 3 is 2.21 bits per heavy atom. The van der Waals surface area contributed by atoms with E-state index in [0.717, 1.165) is 5.56 Å². The first-order valence-electron chi connectivity index (χ1n) is 10.5. The number of rotatable bonds is 13. The van der Waals surface area contributed by atoms with E-state index in [4.69, 9.17) is 28.4 Å². The summed E-state index contributed by atoms with van der Waals surface area (Å²) in [5, 5.41) is 9.68. The minimum atomic E-state index is -0.440. The molecular formula is C26H29NO7. The average Bonchev–Trinajstić information content (AvgIpc) is 2.86. The second kappa shape index (κ2) is 13.6. The summed E-state index contributed by atoms with van der Waals surface area (Å²) in [6.45, 7) is 6.11. The van der Waals surface area contributed by atoms with Crippen molar-refractivity contribution in [1.29, 1.82) is 5.26 Å². The molecule has 2 aromatic carbocycles. The molecule has 0 aliphatic carbocycles. The SMILES string of the molecule is C=C(C)C(=O)OCCOCCOc1ccc(C=C(C#N)c2ccc(OC)c(OC)c2)cc1OC. The summed E-state index contributed by atoms with van der Waals surface area (Å²) in [6, 6.07) is 12.9. The Bertz CT molecular complexity index is 1070. The van der Waals surface area contributed by atoms with Gasteiger partial charge in [-0.2, -0.15) is 5.26 Å². The van der Waals surface area contributed by atoms with Crippen LogP contribution in [0.3, 0.4) is 0 Å². The van der Waals surface area contributed by atoms with Gasteiger partial charge in [0.15, 0.2) is 23.0 Å². The predicted octanol–water partition coefficient (Wildman–Crippen LogP) is 4.29. The van der Waals surface area contributed by atoms with Gasteiger partial charge in [-0.1, -0.05) is 12.6 Å². The number of carbonyl (C=O) groups is 1. The van der Waals surface area contributed by atoms with Crippen molar-refractivity contribution in [3.05, 3.63) is 59.7 Å². The van der Waals surface area contributed by atoms with E-state index in [1.165, 1.54) is 0 Å². The molecule has 0 atom stereocenters.